The van der Waals surface area contributed by atoms with Crippen LogP contribution in [-0.4, -0.2) is 19.1 Å². The van der Waals surface area contributed by atoms with E-state index in [0.29, 0.717) is 19.1 Å². The molecule has 0 atom stereocenters. The van der Waals surface area contributed by atoms with E-state index in [1.165, 1.54) is 5.82 Å². The molecule has 14 heavy (non-hydrogen) atoms. The molecule has 0 aliphatic rings. The molecule has 0 saturated carbocycles. The molecule has 0 aromatic rings. The molecule has 0 bridgehead atoms. The first kappa shape index (κ1) is 14.0. The van der Waals surface area contributed by atoms with Crippen LogP contribution < -0.4 is 0 Å². The number of alkyl halides is 1. The monoisotopic (exact) mass is 238 g/mol. The summed E-state index contributed by atoms with van der Waals surface area (Å²) in [5.41, 5.74) is 3.59. The van der Waals surface area contributed by atoms with Crippen LogP contribution in [0.1, 0.15) is 20.8 Å². The summed E-state index contributed by atoms with van der Waals surface area (Å²) in [6, 6.07) is 0. The van der Waals surface area contributed by atoms with Crippen molar-refractivity contribution in [2.24, 2.45) is 0 Å². The minimum absolute atomic E-state index is 0.343. The van der Waals surface area contributed by atoms with E-state index in [-0.39, 0.29) is 0 Å². The second-order valence-electron chi connectivity index (χ2n) is 2.56. The van der Waals surface area contributed by atoms with E-state index in [0.717, 1.165) is 5.57 Å². The molecule has 0 aliphatic heterocycles. The number of hydrogen-bond acceptors (Lipinski definition) is 3. The van der Waals surface area contributed by atoms with Crippen LogP contribution in [0.5, 0.6) is 0 Å². The molecular formula is C9H16ClO3P. The fourth-order valence-corrected chi connectivity index (χ4v) is 2.10. The van der Waals surface area contributed by atoms with E-state index in [1.54, 1.807) is 20.8 Å². The Kier molecular flexibility index (Phi) is 7.26. The highest BCUT2D eigenvalue weighted by atomic mass is 35.5. The molecule has 0 rings (SSSR count). The van der Waals surface area contributed by atoms with Gasteiger partial charge in [-0.15, -0.1) is 17.3 Å². The molecule has 0 aromatic carbocycles. The maximum absolute atomic E-state index is 11.8. The van der Waals surface area contributed by atoms with Crippen molar-refractivity contribution in [3.8, 4) is 0 Å². The highest BCUT2D eigenvalue weighted by Crippen LogP contribution is 2.49. The molecule has 0 aromatic heterocycles. The van der Waals surface area contributed by atoms with Gasteiger partial charge in [0, 0.05) is 0 Å². The van der Waals surface area contributed by atoms with Gasteiger partial charge in [-0.25, -0.2) is 0 Å². The largest absolute Gasteiger partial charge is 0.361 e. The van der Waals surface area contributed by atoms with Gasteiger partial charge in [0.15, 0.2) is 0 Å². The molecule has 0 amide bonds. The van der Waals surface area contributed by atoms with Gasteiger partial charge in [0.2, 0.25) is 0 Å². The van der Waals surface area contributed by atoms with Crippen molar-refractivity contribution < 1.29 is 13.6 Å². The summed E-state index contributed by atoms with van der Waals surface area (Å²) >= 11 is 5.54. The van der Waals surface area contributed by atoms with Crippen molar-refractivity contribution in [2.75, 3.05) is 19.1 Å². The normalized spacial score (nSPS) is 10.9. The van der Waals surface area contributed by atoms with Crippen molar-refractivity contribution in [1.29, 1.82) is 0 Å². The molecule has 3 nitrogen and oxygen atoms in total. The van der Waals surface area contributed by atoms with Gasteiger partial charge < -0.3 is 9.05 Å². The van der Waals surface area contributed by atoms with Crippen LogP contribution in [0.25, 0.3) is 0 Å². The lowest BCUT2D eigenvalue weighted by Gasteiger charge is -2.11. The quantitative estimate of drug-likeness (QED) is 0.403. The Morgan fingerprint density at radius 2 is 1.93 bits per heavy atom. The summed E-state index contributed by atoms with van der Waals surface area (Å²) in [5, 5.41) is 0. The standard InChI is InChI=1S/C9H16ClO3P/c1-4-12-14(11,13-5-2)7-6-9(3)8-10/h7H,4-5,8H2,1-3H3. The Labute approximate surface area is 90.3 Å². The summed E-state index contributed by atoms with van der Waals surface area (Å²) in [5.74, 6) is 1.69. The molecule has 0 heterocycles. The lowest BCUT2D eigenvalue weighted by atomic mass is 10.4. The zero-order valence-corrected chi connectivity index (χ0v) is 10.4. The lowest BCUT2D eigenvalue weighted by Crippen LogP contribution is -1.92. The third kappa shape index (κ3) is 5.64. The number of allylic oxidation sites excluding steroid dienone is 1. The van der Waals surface area contributed by atoms with Gasteiger partial charge in [-0.2, -0.15) is 0 Å². The van der Waals surface area contributed by atoms with Gasteiger partial charge in [-0.1, -0.05) is 0 Å². The summed E-state index contributed by atoms with van der Waals surface area (Å²) in [6.07, 6.45) is 0. The third-order valence-corrected chi connectivity index (χ3v) is 3.37. The minimum atomic E-state index is -3.10. The predicted octanol–water partition coefficient (Wildman–Crippen LogP) is 3.55. The first-order chi connectivity index (χ1) is 6.58. The summed E-state index contributed by atoms with van der Waals surface area (Å²) in [4.78, 5) is 0. The molecule has 5 heteroatoms. The topological polar surface area (TPSA) is 35.5 Å². The van der Waals surface area contributed by atoms with Crippen molar-refractivity contribution >= 4 is 19.2 Å². The number of hydrogen-bond donors (Lipinski definition) is 0. The fourth-order valence-electron chi connectivity index (χ4n) is 0.700. The van der Waals surface area contributed by atoms with Crippen LogP contribution in [0.2, 0.25) is 0 Å². The van der Waals surface area contributed by atoms with Crippen LogP contribution in [0.4, 0.5) is 0 Å². The van der Waals surface area contributed by atoms with E-state index >= 15 is 0 Å². The van der Waals surface area contributed by atoms with E-state index in [1.807, 2.05) is 0 Å². The Morgan fingerprint density at radius 1 is 1.43 bits per heavy atom. The molecular weight excluding hydrogens is 223 g/mol. The van der Waals surface area contributed by atoms with Gasteiger partial charge in [0.05, 0.1) is 24.9 Å². The van der Waals surface area contributed by atoms with Gasteiger partial charge in [-0.05, 0) is 26.3 Å². The number of halogens is 1. The van der Waals surface area contributed by atoms with E-state index < -0.39 is 7.60 Å². The van der Waals surface area contributed by atoms with E-state index in [2.05, 4.69) is 5.73 Å². The maximum Gasteiger partial charge on any atom is 0.361 e. The molecule has 0 N–H and O–H groups in total. The van der Waals surface area contributed by atoms with Gasteiger partial charge in [0.1, 0.15) is 0 Å². The summed E-state index contributed by atoms with van der Waals surface area (Å²) in [6.45, 7) is 6.01. The van der Waals surface area contributed by atoms with Crippen molar-refractivity contribution in [1.82, 2.24) is 0 Å². The molecule has 0 aliphatic carbocycles. The number of rotatable bonds is 6. The van der Waals surface area contributed by atoms with Gasteiger partial charge in [-0.3, -0.25) is 4.57 Å². The van der Waals surface area contributed by atoms with Crippen LogP contribution in [-0.2, 0) is 13.6 Å². The fraction of sp³-hybridized carbons (Fsp3) is 0.667. The Morgan fingerprint density at radius 3 is 2.29 bits per heavy atom. The zero-order chi connectivity index (χ0) is 11.0. The molecule has 0 unspecified atom stereocenters. The predicted molar refractivity (Wildman–Crippen MR) is 58.8 cm³/mol. The molecule has 0 fully saturated rings. The summed E-state index contributed by atoms with van der Waals surface area (Å²) in [7, 11) is -3.10. The van der Waals surface area contributed by atoms with Crippen LogP contribution in [0.3, 0.4) is 0 Å². The molecule has 0 saturated heterocycles. The SMILES string of the molecule is CCOP(=O)(C=C=C(C)CCl)OCC. The zero-order valence-electron chi connectivity index (χ0n) is 8.75. The summed E-state index contributed by atoms with van der Waals surface area (Å²) < 4.78 is 21.9. The van der Waals surface area contributed by atoms with E-state index in [4.69, 9.17) is 20.6 Å². The minimum Gasteiger partial charge on any atom is -0.305 e. The highest BCUT2D eigenvalue weighted by Gasteiger charge is 2.18. The maximum atomic E-state index is 11.8. The first-order valence-electron chi connectivity index (χ1n) is 4.46. The Hall–Kier alpha value is -0.0400. The third-order valence-electron chi connectivity index (χ3n) is 1.29. The first-order valence-corrected chi connectivity index (χ1v) is 6.60. The van der Waals surface area contributed by atoms with Crippen molar-refractivity contribution in [2.45, 2.75) is 20.8 Å². The van der Waals surface area contributed by atoms with Crippen molar-refractivity contribution in [3.05, 3.63) is 17.1 Å². The van der Waals surface area contributed by atoms with Crippen LogP contribution >= 0.6 is 19.2 Å². The molecule has 0 spiro atoms. The Bertz CT molecular complexity index is 259. The van der Waals surface area contributed by atoms with Crippen molar-refractivity contribution in [3.63, 3.8) is 0 Å². The highest BCUT2D eigenvalue weighted by molar-refractivity contribution is 7.57. The van der Waals surface area contributed by atoms with E-state index in [9.17, 15) is 4.57 Å². The second-order valence-corrected chi connectivity index (χ2v) is 4.68. The van der Waals surface area contributed by atoms with Gasteiger partial charge >= 0.3 is 7.60 Å². The lowest BCUT2D eigenvalue weighted by molar-refractivity contribution is 0.229. The molecule has 0 radical (unpaired) electrons. The molecule has 82 valence electrons. The average Bonchev–Trinajstić information content (AvgIpc) is 2.15. The average molecular weight is 239 g/mol. The van der Waals surface area contributed by atoms with Crippen LogP contribution in [0.15, 0.2) is 17.1 Å². The smallest absolute Gasteiger partial charge is 0.305 e. The van der Waals surface area contributed by atoms with Gasteiger partial charge in [0.25, 0.3) is 0 Å². The Balaban J connectivity index is 4.68. The second kappa shape index (κ2) is 7.28. The van der Waals surface area contributed by atoms with Crippen LogP contribution in [0, 0.1) is 0 Å².